The van der Waals surface area contributed by atoms with Crippen molar-refractivity contribution in [3.05, 3.63) is 29.3 Å². The van der Waals surface area contributed by atoms with Crippen molar-refractivity contribution in [1.29, 1.82) is 0 Å². The van der Waals surface area contributed by atoms with Gasteiger partial charge in [0, 0.05) is 13.2 Å². The number of rotatable bonds is 5. The van der Waals surface area contributed by atoms with E-state index in [9.17, 15) is 10.2 Å². The highest BCUT2D eigenvalue weighted by Gasteiger charge is 2.57. The number of aryl methyl sites for hydroxylation is 1. The molecule has 2 N–H and O–H groups in total. The molecule has 3 heteroatoms. The molecule has 0 heterocycles. The predicted octanol–water partition coefficient (Wildman–Crippen LogP) is 4.65. The molecule has 0 radical (unpaired) electrons. The molecule has 0 bridgehead atoms. The minimum Gasteiger partial charge on any atom is -0.508 e. The van der Waals surface area contributed by atoms with Crippen LogP contribution < -0.4 is 0 Å². The molecule has 3 nitrogen and oxygen atoms in total. The maximum absolute atomic E-state index is 10.8. The largest absolute Gasteiger partial charge is 0.508 e. The lowest BCUT2D eigenvalue weighted by atomic mass is 9.51. The molecular formula is C23H34O3. The van der Waals surface area contributed by atoms with Crippen LogP contribution in [0.15, 0.2) is 18.2 Å². The SMILES string of the molecule is CCOCCC[C@H]1CC2(C)C(O)CCC2C2CCc3cc(O)ccc3C21. The molecule has 0 amide bonds. The summed E-state index contributed by atoms with van der Waals surface area (Å²) in [6, 6.07) is 6.04. The van der Waals surface area contributed by atoms with E-state index in [1.807, 2.05) is 12.1 Å². The molecule has 0 saturated heterocycles. The van der Waals surface area contributed by atoms with Gasteiger partial charge in [0.25, 0.3) is 0 Å². The van der Waals surface area contributed by atoms with Gasteiger partial charge < -0.3 is 14.9 Å². The fourth-order valence-corrected chi connectivity index (χ4v) is 6.72. The molecule has 1 aromatic carbocycles. The first-order valence-corrected chi connectivity index (χ1v) is 10.6. The van der Waals surface area contributed by atoms with Crippen molar-refractivity contribution < 1.29 is 14.9 Å². The van der Waals surface area contributed by atoms with Crippen LogP contribution in [-0.4, -0.2) is 29.5 Å². The van der Waals surface area contributed by atoms with E-state index in [2.05, 4.69) is 19.9 Å². The maximum Gasteiger partial charge on any atom is 0.115 e. The summed E-state index contributed by atoms with van der Waals surface area (Å²) in [6.45, 7) is 6.04. The van der Waals surface area contributed by atoms with E-state index in [4.69, 9.17) is 4.74 Å². The number of aliphatic hydroxyl groups excluding tert-OH is 1. The summed E-state index contributed by atoms with van der Waals surface area (Å²) in [5, 5.41) is 20.7. The van der Waals surface area contributed by atoms with Gasteiger partial charge in [0.2, 0.25) is 0 Å². The smallest absolute Gasteiger partial charge is 0.115 e. The highest BCUT2D eigenvalue weighted by molar-refractivity contribution is 5.40. The highest BCUT2D eigenvalue weighted by Crippen LogP contribution is 2.63. The average molecular weight is 359 g/mol. The number of aliphatic hydroxyl groups is 1. The van der Waals surface area contributed by atoms with Gasteiger partial charge in [-0.1, -0.05) is 13.0 Å². The lowest BCUT2D eigenvalue weighted by Crippen LogP contribution is -2.48. The number of benzene rings is 1. The molecule has 6 atom stereocenters. The van der Waals surface area contributed by atoms with Gasteiger partial charge in [0.15, 0.2) is 0 Å². The van der Waals surface area contributed by atoms with Crippen LogP contribution in [0.25, 0.3) is 0 Å². The van der Waals surface area contributed by atoms with Gasteiger partial charge in [0.1, 0.15) is 5.75 Å². The van der Waals surface area contributed by atoms with E-state index in [-0.39, 0.29) is 11.5 Å². The molecule has 0 aromatic heterocycles. The van der Waals surface area contributed by atoms with Crippen molar-refractivity contribution in [2.45, 2.75) is 70.8 Å². The van der Waals surface area contributed by atoms with Crippen LogP contribution in [0.4, 0.5) is 0 Å². The summed E-state index contributed by atoms with van der Waals surface area (Å²) >= 11 is 0. The third-order valence-electron chi connectivity index (χ3n) is 7.85. The van der Waals surface area contributed by atoms with Crippen molar-refractivity contribution in [3.8, 4) is 5.75 Å². The van der Waals surface area contributed by atoms with Crippen molar-refractivity contribution >= 4 is 0 Å². The van der Waals surface area contributed by atoms with Gasteiger partial charge in [-0.2, -0.15) is 0 Å². The Morgan fingerprint density at radius 1 is 1.23 bits per heavy atom. The summed E-state index contributed by atoms with van der Waals surface area (Å²) in [4.78, 5) is 0. The predicted molar refractivity (Wildman–Crippen MR) is 103 cm³/mol. The Hall–Kier alpha value is -1.06. The number of ether oxygens (including phenoxy) is 1. The van der Waals surface area contributed by atoms with E-state index in [0.717, 1.165) is 38.9 Å². The van der Waals surface area contributed by atoms with Crippen LogP contribution in [0, 0.1) is 23.2 Å². The van der Waals surface area contributed by atoms with Gasteiger partial charge in [-0.05, 0) is 104 Å². The number of phenols is 1. The summed E-state index contributed by atoms with van der Waals surface area (Å²) in [7, 11) is 0. The second kappa shape index (κ2) is 7.16. The molecular weight excluding hydrogens is 324 g/mol. The lowest BCUT2D eigenvalue weighted by Gasteiger charge is -2.54. The summed E-state index contributed by atoms with van der Waals surface area (Å²) in [5.41, 5.74) is 2.92. The van der Waals surface area contributed by atoms with Crippen LogP contribution in [0.2, 0.25) is 0 Å². The Morgan fingerprint density at radius 2 is 2.08 bits per heavy atom. The van der Waals surface area contributed by atoms with E-state index >= 15 is 0 Å². The molecule has 1 aromatic rings. The van der Waals surface area contributed by atoms with E-state index in [1.165, 1.54) is 30.4 Å². The van der Waals surface area contributed by atoms with Crippen LogP contribution in [0.1, 0.15) is 69.4 Å². The Balaban J connectivity index is 1.65. The zero-order valence-corrected chi connectivity index (χ0v) is 16.3. The Kier molecular flexibility index (Phi) is 5.04. The monoisotopic (exact) mass is 358 g/mol. The zero-order chi connectivity index (χ0) is 18.3. The number of fused-ring (bicyclic) bond motifs is 5. The van der Waals surface area contributed by atoms with Crippen LogP contribution in [0.5, 0.6) is 5.75 Å². The minimum atomic E-state index is -0.135. The summed E-state index contributed by atoms with van der Waals surface area (Å²) < 4.78 is 5.60. The van der Waals surface area contributed by atoms with Crippen molar-refractivity contribution in [2.24, 2.45) is 23.2 Å². The Bertz CT molecular complexity index is 642. The van der Waals surface area contributed by atoms with E-state index in [1.54, 1.807) is 0 Å². The molecule has 0 spiro atoms. The van der Waals surface area contributed by atoms with Crippen LogP contribution >= 0.6 is 0 Å². The zero-order valence-electron chi connectivity index (χ0n) is 16.3. The molecule has 3 aliphatic rings. The quantitative estimate of drug-likeness (QED) is 0.753. The Morgan fingerprint density at radius 3 is 2.88 bits per heavy atom. The average Bonchev–Trinajstić information content (AvgIpc) is 2.93. The lowest BCUT2D eigenvalue weighted by molar-refractivity contribution is -0.0510. The van der Waals surface area contributed by atoms with Crippen molar-refractivity contribution in [3.63, 3.8) is 0 Å². The van der Waals surface area contributed by atoms with Gasteiger partial charge in [-0.25, -0.2) is 0 Å². The normalized spacial score (nSPS) is 38.5. The van der Waals surface area contributed by atoms with Gasteiger partial charge in [-0.15, -0.1) is 0 Å². The topological polar surface area (TPSA) is 49.7 Å². The summed E-state index contributed by atoms with van der Waals surface area (Å²) in [6.07, 6.45) is 7.70. The molecule has 2 saturated carbocycles. The van der Waals surface area contributed by atoms with Gasteiger partial charge >= 0.3 is 0 Å². The molecule has 2 fully saturated rings. The van der Waals surface area contributed by atoms with Crippen molar-refractivity contribution in [2.75, 3.05) is 13.2 Å². The molecule has 0 aliphatic heterocycles. The highest BCUT2D eigenvalue weighted by atomic mass is 16.5. The third kappa shape index (κ3) is 2.97. The van der Waals surface area contributed by atoms with E-state index < -0.39 is 0 Å². The standard InChI is InChI=1S/C23H34O3/c1-3-26-12-4-5-16-14-23(2)20(10-11-21(23)25)19-8-6-15-13-17(24)7-9-18(15)22(16)19/h7,9,13,16,19-22,24-25H,3-6,8,10-12,14H2,1-2H3/t16-,19?,20?,21?,22?,23?/m0/s1. The number of phenolic OH excluding ortho intramolecular Hbond substituents is 1. The number of hydrogen-bond acceptors (Lipinski definition) is 3. The maximum atomic E-state index is 10.8. The van der Waals surface area contributed by atoms with Gasteiger partial charge in [0.05, 0.1) is 6.10 Å². The second-order valence-corrected chi connectivity index (χ2v) is 9.12. The Labute approximate surface area is 157 Å². The van der Waals surface area contributed by atoms with Crippen molar-refractivity contribution in [1.82, 2.24) is 0 Å². The molecule has 26 heavy (non-hydrogen) atoms. The fourth-order valence-electron chi connectivity index (χ4n) is 6.72. The first-order valence-electron chi connectivity index (χ1n) is 10.6. The second-order valence-electron chi connectivity index (χ2n) is 9.12. The van der Waals surface area contributed by atoms with Crippen LogP contribution in [0.3, 0.4) is 0 Å². The third-order valence-corrected chi connectivity index (χ3v) is 7.85. The van der Waals surface area contributed by atoms with Gasteiger partial charge in [-0.3, -0.25) is 0 Å². The molecule has 3 aliphatic carbocycles. The van der Waals surface area contributed by atoms with Crippen LogP contribution in [-0.2, 0) is 11.2 Å². The minimum absolute atomic E-state index is 0.0892. The first-order chi connectivity index (χ1) is 12.5. The fraction of sp³-hybridized carbons (Fsp3) is 0.739. The molecule has 4 rings (SSSR count). The number of hydrogen-bond donors (Lipinski definition) is 2. The van der Waals surface area contributed by atoms with E-state index in [0.29, 0.717) is 29.4 Å². The first kappa shape index (κ1) is 18.3. The molecule has 5 unspecified atom stereocenters. The molecule has 144 valence electrons. The summed E-state index contributed by atoms with van der Waals surface area (Å²) in [5.74, 6) is 2.92. The number of aromatic hydroxyl groups is 1.